The van der Waals surface area contributed by atoms with Gasteiger partial charge in [-0.2, -0.15) is 0 Å². The van der Waals surface area contributed by atoms with E-state index in [4.69, 9.17) is 5.73 Å². The highest BCUT2D eigenvalue weighted by atomic mass is 16.2. The predicted molar refractivity (Wildman–Crippen MR) is 68.6 cm³/mol. The lowest BCUT2D eigenvalue weighted by molar-refractivity contribution is -0.122. The Balaban J connectivity index is 1.60. The number of amides is 1. The molecule has 0 aromatic carbocycles. The van der Waals surface area contributed by atoms with Crippen molar-refractivity contribution < 1.29 is 4.79 Å². The molecule has 0 aromatic rings. The largest absolute Gasteiger partial charge is 0.355 e. The molecule has 1 saturated heterocycles. The predicted octanol–water partition coefficient (Wildman–Crippen LogP) is 0.716. The zero-order chi connectivity index (χ0) is 12.1. The fourth-order valence-corrected chi connectivity index (χ4v) is 2.84. The highest BCUT2D eigenvalue weighted by Gasteiger charge is 2.19. The lowest BCUT2D eigenvalue weighted by atomic mass is 10.1. The van der Waals surface area contributed by atoms with Crippen molar-refractivity contribution in [1.82, 2.24) is 10.2 Å². The summed E-state index contributed by atoms with van der Waals surface area (Å²) in [5.74, 6) is 0.918. The van der Waals surface area contributed by atoms with Crippen molar-refractivity contribution in [2.24, 2.45) is 11.7 Å². The Bertz CT molecular complexity index is 243. The van der Waals surface area contributed by atoms with E-state index in [0.717, 1.165) is 38.4 Å². The number of hydrogen-bond acceptors (Lipinski definition) is 3. The average molecular weight is 239 g/mol. The van der Waals surface area contributed by atoms with Gasteiger partial charge >= 0.3 is 0 Å². The van der Waals surface area contributed by atoms with Crippen LogP contribution in [-0.4, -0.2) is 43.0 Å². The number of likely N-dealkylation sites (tertiary alicyclic amines) is 1. The van der Waals surface area contributed by atoms with E-state index in [1.54, 1.807) is 0 Å². The van der Waals surface area contributed by atoms with Gasteiger partial charge in [-0.15, -0.1) is 0 Å². The maximum atomic E-state index is 11.8. The van der Waals surface area contributed by atoms with Gasteiger partial charge in [0.25, 0.3) is 0 Å². The summed E-state index contributed by atoms with van der Waals surface area (Å²) in [6.45, 7) is 3.38. The normalized spacial score (nSPS) is 24.1. The van der Waals surface area contributed by atoms with Gasteiger partial charge in [-0.3, -0.25) is 9.69 Å². The van der Waals surface area contributed by atoms with Crippen LogP contribution in [0.1, 0.15) is 38.5 Å². The van der Waals surface area contributed by atoms with E-state index in [-0.39, 0.29) is 5.91 Å². The highest BCUT2D eigenvalue weighted by molar-refractivity contribution is 5.78. The third kappa shape index (κ3) is 4.28. The molecule has 1 heterocycles. The molecule has 0 bridgehead atoms. The lowest BCUT2D eigenvalue weighted by Crippen LogP contribution is -2.45. The number of carbonyl (C=O) groups is 1. The molecule has 0 atom stereocenters. The molecule has 0 spiro atoms. The van der Waals surface area contributed by atoms with Crippen LogP contribution in [0, 0.1) is 5.92 Å². The van der Waals surface area contributed by atoms with Crippen molar-refractivity contribution >= 4 is 5.91 Å². The third-order valence-electron chi connectivity index (χ3n) is 4.06. The molecule has 0 radical (unpaired) electrons. The molecule has 4 heteroatoms. The first-order valence-corrected chi connectivity index (χ1v) is 6.98. The van der Waals surface area contributed by atoms with E-state index < -0.39 is 0 Å². The van der Waals surface area contributed by atoms with Gasteiger partial charge in [0.05, 0.1) is 6.54 Å². The third-order valence-corrected chi connectivity index (χ3v) is 4.06. The molecule has 1 saturated carbocycles. The molecule has 17 heavy (non-hydrogen) atoms. The summed E-state index contributed by atoms with van der Waals surface area (Å²) in [6.07, 6.45) is 7.30. The fraction of sp³-hybridized carbons (Fsp3) is 0.923. The Labute approximate surface area is 104 Å². The number of nitrogens with two attached hydrogens (primary N) is 1. The summed E-state index contributed by atoms with van der Waals surface area (Å²) >= 11 is 0. The van der Waals surface area contributed by atoms with Crippen molar-refractivity contribution in [2.75, 3.05) is 26.2 Å². The molecule has 2 rings (SSSR count). The van der Waals surface area contributed by atoms with E-state index in [1.807, 2.05) is 0 Å². The maximum absolute atomic E-state index is 11.8. The molecule has 1 amide bonds. The zero-order valence-electron chi connectivity index (χ0n) is 10.7. The number of nitrogens with one attached hydrogen (secondary N) is 1. The smallest absolute Gasteiger partial charge is 0.234 e. The molecule has 98 valence electrons. The minimum absolute atomic E-state index is 0.187. The van der Waals surface area contributed by atoms with Gasteiger partial charge < -0.3 is 11.1 Å². The first-order valence-electron chi connectivity index (χ1n) is 6.98. The molecule has 0 aromatic heterocycles. The van der Waals surface area contributed by atoms with Crippen LogP contribution in [0.15, 0.2) is 0 Å². The first-order chi connectivity index (χ1) is 8.24. The molecule has 3 N–H and O–H groups in total. The van der Waals surface area contributed by atoms with Crippen LogP contribution in [0.4, 0.5) is 0 Å². The lowest BCUT2D eigenvalue weighted by Gasteiger charge is -2.29. The Morgan fingerprint density at radius 1 is 1.18 bits per heavy atom. The first kappa shape index (κ1) is 12.8. The molecule has 4 nitrogen and oxygen atoms in total. The number of hydrogen-bond donors (Lipinski definition) is 2. The van der Waals surface area contributed by atoms with Crippen molar-refractivity contribution in [3.05, 3.63) is 0 Å². The molecule has 1 aliphatic heterocycles. The molecule has 2 fully saturated rings. The van der Waals surface area contributed by atoms with E-state index in [0.29, 0.717) is 12.6 Å². The standard InChI is InChI=1S/C13H25N3O/c14-12-5-7-16(8-6-12)10-13(17)15-9-11-3-1-2-4-11/h11-12H,1-10,14H2,(H,15,17). The minimum Gasteiger partial charge on any atom is -0.355 e. The van der Waals surface area contributed by atoms with Crippen LogP contribution in [0.5, 0.6) is 0 Å². The number of nitrogens with zero attached hydrogens (tertiary/aromatic N) is 1. The Morgan fingerprint density at radius 2 is 1.82 bits per heavy atom. The summed E-state index contributed by atoms with van der Waals surface area (Å²) < 4.78 is 0. The van der Waals surface area contributed by atoms with Gasteiger partial charge in [-0.05, 0) is 31.6 Å². The monoisotopic (exact) mass is 239 g/mol. The SMILES string of the molecule is NC1CCN(CC(=O)NCC2CCCC2)CC1. The van der Waals surface area contributed by atoms with Crippen LogP contribution in [0.3, 0.4) is 0 Å². The van der Waals surface area contributed by atoms with E-state index in [9.17, 15) is 4.79 Å². The Kier molecular flexibility index (Phi) is 4.80. The van der Waals surface area contributed by atoms with Gasteiger partial charge in [0.2, 0.25) is 5.91 Å². The average Bonchev–Trinajstić information content (AvgIpc) is 2.83. The second-order valence-electron chi connectivity index (χ2n) is 5.57. The van der Waals surface area contributed by atoms with Crippen molar-refractivity contribution in [2.45, 2.75) is 44.6 Å². The van der Waals surface area contributed by atoms with Crippen LogP contribution in [0.25, 0.3) is 0 Å². The zero-order valence-corrected chi connectivity index (χ0v) is 10.7. The molecular formula is C13H25N3O. The van der Waals surface area contributed by atoms with Gasteiger partial charge in [0.1, 0.15) is 0 Å². The summed E-state index contributed by atoms with van der Waals surface area (Å²) in [5.41, 5.74) is 5.84. The number of carbonyl (C=O) groups excluding carboxylic acids is 1. The summed E-state index contributed by atoms with van der Waals surface area (Å²) in [4.78, 5) is 14.0. The van der Waals surface area contributed by atoms with Gasteiger partial charge in [0.15, 0.2) is 0 Å². The van der Waals surface area contributed by atoms with E-state index >= 15 is 0 Å². The van der Waals surface area contributed by atoms with Crippen molar-refractivity contribution in [3.8, 4) is 0 Å². The highest BCUT2D eigenvalue weighted by Crippen LogP contribution is 2.23. The van der Waals surface area contributed by atoms with Crippen LogP contribution >= 0.6 is 0 Å². The number of piperidine rings is 1. The van der Waals surface area contributed by atoms with Crippen LogP contribution in [0.2, 0.25) is 0 Å². The van der Waals surface area contributed by atoms with E-state index in [1.165, 1.54) is 25.7 Å². The molecule has 0 unspecified atom stereocenters. The summed E-state index contributed by atoms with van der Waals surface area (Å²) in [7, 11) is 0. The Hall–Kier alpha value is -0.610. The van der Waals surface area contributed by atoms with Crippen LogP contribution < -0.4 is 11.1 Å². The topological polar surface area (TPSA) is 58.4 Å². The minimum atomic E-state index is 0.187. The van der Waals surface area contributed by atoms with Gasteiger partial charge in [-0.25, -0.2) is 0 Å². The molecular weight excluding hydrogens is 214 g/mol. The van der Waals surface area contributed by atoms with E-state index in [2.05, 4.69) is 10.2 Å². The van der Waals surface area contributed by atoms with Crippen molar-refractivity contribution in [1.29, 1.82) is 0 Å². The summed E-state index contributed by atoms with van der Waals surface area (Å²) in [5, 5.41) is 3.07. The summed E-state index contributed by atoms with van der Waals surface area (Å²) in [6, 6.07) is 0.341. The van der Waals surface area contributed by atoms with Gasteiger partial charge in [0, 0.05) is 25.7 Å². The molecule has 1 aliphatic carbocycles. The quantitative estimate of drug-likeness (QED) is 0.760. The van der Waals surface area contributed by atoms with Crippen LogP contribution in [-0.2, 0) is 4.79 Å². The number of rotatable bonds is 4. The Morgan fingerprint density at radius 3 is 2.47 bits per heavy atom. The fourth-order valence-electron chi connectivity index (χ4n) is 2.84. The van der Waals surface area contributed by atoms with Crippen molar-refractivity contribution in [3.63, 3.8) is 0 Å². The second-order valence-corrected chi connectivity index (χ2v) is 5.57. The molecule has 2 aliphatic rings. The van der Waals surface area contributed by atoms with Gasteiger partial charge in [-0.1, -0.05) is 12.8 Å². The maximum Gasteiger partial charge on any atom is 0.234 e. The second kappa shape index (κ2) is 6.36.